The summed E-state index contributed by atoms with van der Waals surface area (Å²) in [6, 6.07) is 15.8. The Kier molecular flexibility index (Phi) is 5.16. The maximum Gasteiger partial charge on any atom is 0.181 e. The van der Waals surface area contributed by atoms with E-state index in [-0.39, 0.29) is 6.10 Å². The maximum atomic E-state index is 5.99. The second kappa shape index (κ2) is 7.49. The fourth-order valence-corrected chi connectivity index (χ4v) is 2.82. The molecule has 0 amide bonds. The molecule has 1 aliphatic rings. The first-order valence-electron chi connectivity index (χ1n) is 7.68. The molecule has 2 aromatic carbocycles. The normalized spacial score (nSPS) is 16.8. The average molecular weight is 332 g/mol. The Morgan fingerprint density at radius 1 is 1.26 bits per heavy atom. The minimum absolute atomic E-state index is 0.117. The Bertz CT molecular complexity index is 686. The predicted octanol–water partition coefficient (Wildman–Crippen LogP) is 2.61. The van der Waals surface area contributed by atoms with Crippen molar-refractivity contribution in [3.63, 3.8) is 0 Å². The third-order valence-electron chi connectivity index (χ3n) is 3.85. The number of benzene rings is 2. The molecule has 0 bridgehead atoms. The molecule has 0 aliphatic carbocycles. The summed E-state index contributed by atoms with van der Waals surface area (Å²) in [6.07, 6.45) is 0.949. The molecule has 0 radical (unpaired) electrons. The van der Waals surface area contributed by atoms with Gasteiger partial charge in [0.25, 0.3) is 0 Å². The van der Waals surface area contributed by atoms with Crippen LogP contribution in [0, 0.1) is 0 Å². The van der Waals surface area contributed by atoms with Crippen molar-refractivity contribution in [2.24, 2.45) is 5.16 Å². The quantitative estimate of drug-likeness (QED) is 0.884. The minimum Gasteiger partial charge on any atom is -0.497 e. The SMILES string of the molecule is COc1ccc(C2=NO[C@H](C[NH2+]Cc3cccc(Cl)c3)C2)cc1. The number of halogens is 1. The van der Waals surface area contributed by atoms with Gasteiger partial charge in [-0.25, -0.2) is 0 Å². The van der Waals surface area contributed by atoms with Gasteiger partial charge in [-0.1, -0.05) is 28.9 Å². The summed E-state index contributed by atoms with van der Waals surface area (Å²) in [6.45, 7) is 1.76. The van der Waals surface area contributed by atoms with Gasteiger partial charge in [-0.05, 0) is 42.0 Å². The molecule has 2 aromatic rings. The summed E-state index contributed by atoms with van der Waals surface area (Å²) < 4.78 is 5.17. The number of ether oxygens (including phenoxy) is 1. The van der Waals surface area contributed by atoms with Crippen LogP contribution in [-0.2, 0) is 11.4 Å². The number of hydrogen-bond donors (Lipinski definition) is 1. The summed E-state index contributed by atoms with van der Waals surface area (Å²) in [4.78, 5) is 5.54. The van der Waals surface area contributed by atoms with Crippen LogP contribution >= 0.6 is 11.6 Å². The Balaban J connectivity index is 1.47. The number of nitrogens with zero attached hydrogens (tertiary/aromatic N) is 1. The Morgan fingerprint density at radius 2 is 2.09 bits per heavy atom. The summed E-state index contributed by atoms with van der Waals surface area (Å²) >= 11 is 5.99. The van der Waals surface area contributed by atoms with Crippen LogP contribution in [0.1, 0.15) is 17.5 Å². The van der Waals surface area contributed by atoms with Gasteiger partial charge in [-0.2, -0.15) is 0 Å². The standard InChI is InChI=1S/C18H19ClN2O2/c1-22-16-7-5-14(6-8-16)18-10-17(23-21-18)12-20-11-13-3-2-4-15(19)9-13/h2-9,17,20H,10-12H2,1H3/p+1/t17-/m0/s1. The van der Waals surface area contributed by atoms with E-state index in [1.807, 2.05) is 42.5 Å². The first kappa shape index (κ1) is 15.8. The van der Waals surface area contributed by atoms with Crippen molar-refractivity contribution in [3.8, 4) is 5.75 Å². The van der Waals surface area contributed by atoms with Gasteiger partial charge in [-0.15, -0.1) is 0 Å². The molecule has 2 N–H and O–H groups in total. The molecular weight excluding hydrogens is 312 g/mol. The molecule has 1 aliphatic heterocycles. The van der Waals surface area contributed by atoms with Crippen LogP contribution in [0.5, 0.6) is 5.75 Å². The Morgan fingerprint density at radius 3 is 2.83 bits per heavy atom. The third kappa shape index (κ3) is 4.24. The molecule has 0 unspecified atom stereocenters. The van der Waals surface area contributed by atoms with E-state index in [2.05, 4.69) is 16.5 Å². The van der Waals surface area contributed by atoms with Crippen molar-refractivity contribution in [2.45, 2.75) is 19.1 Å². The first-order valence-corrected chi connectivity index (χ1v) is 8.05. The second-order valence-electron chi connectivity index (χ2n) is 5.56. The average Bonchev–Trinajstić information content (AvgIpc) is 3.04. The molecule has 0 aromatic heterocycles. The lowest BCUT2D eigenvalue weighted by molar-refractivity contribution is -0.676. The molecule has 4 nitrogen and oxygen atoms in total. The molecule has 0 fully saturated rings. The molecule has 120 valence electrons. The van der Waals surface area contributed by atoms with Gasteiger partial charge in [0.05, 0.1) is 12.8 Å². The van der Waals surface area contributed by atoms with E-state index in [4.69, 9.17) is 21.2 Å². The van der Waals surface area contributed by atoms with Gasteiger partial charge in [0.1, 0.15) is 18.8 Å². The van der Waals surface area contributed by atoms with Crippen molar-refractivity contribution in [2.75, 3.05) is 13.7 Å². The number of hydrogen-bond acceptors (Lipinski definition) is 3. The molecular formula is C18H20ClN2O2+. The van der Waals surface area contributed by atoms with Crippen molar-refractivity contribution < 1.29 is 14.9 Å². The Hall–Kier alpha value is -2.04. The topological polar surface area (TPSA) is 47.4 Å². The van der Waals surface area contributed by atoms with E-state index in [1.54, 1.807) is 7.11 Å². The molecule has 5 heteroatoms. The van der Waals surface area contributed by atoms with E-state index in [0.29, 0.717) is 0 Å². The van der Waals surface area contributed by atoms with E-state index in [1.165, 1.54) is 5.56 Å². The fraction of sp³-hybridized carbons (Fsp3) is 0.278. The van der Waals surface area contributed by atoms with Crippen molar-refractivity contribution in [3.05, 3.63) is 64.7 Å². The zero-order valence-corrected chi connectivity index (χ0v) is 13.8. The number of quaternary nitrogens is 1. The highest BCUT2D eigenvalue weighted by atomic mass is 35.5. The largest absolute Gasteiger partial charge is 0.497 e. The van der Waals surface area contributed by atoms with Crippen LogP contribution in [0.3, 0.4) is 0 Å². The number of nitrogens with two attached hydrogens (primary N) is 1. The monoisotopic (exact) mass is 331 g/mol. The van der Waals surface area contributed by atoms with Crippen molar-refractivity contribution in [1.82, 2.24) is 0 Å². The minimum atomic E-state index is 0.117. The highest BCUT2D eigenvalue weighted by Gasteiger charge is 2.23. The molecule has 3 rings (SSSR count). The Labute approximate surface area is 141 Å². The molecule has 0 saturated carbocycles. The fourth-order valence-electron chi connectivity index (χ4n) is 2.61. The van der Waals surface area contributed by atoms with Crippen molar-refractivity contribution >= 4 is 17.3 Å². The van der Waals surface area contributed by atoms with E-state index in [0.717, 1.165) is 41.6 Å². The van der Waals surface area contributed by atoms with Crippen LogP contribution in [0.15, 0.2) is 53.7 Å². The lowest BCUT2D eigenvalue weighted by Gasteiger charge is -2.07. The molecule has 1 atom stereocenters. The van der Waals surface area contributed by atoms with E-state index < -0.39 is 0 Å². The number of rotatable bonds is 6. The maximum absolute atomic E-state index is 5.99. The zero-order valence-electron chi connectivity index (χ0n) is 13.0. The highest BCUT2D eigenvalue weighted by molar-refractivity contribution is 6.30. The van der Waals surface area contributed by atoms with Crippen LogP contribution in [-0.4, -0.2) is 25.5 Å². The van der Waals surface area contributed by atoms with Crippen LogP contribution < -0.4 is 10.1 Å². The van der Waals surface area contributed by atoms with Gasteiger partial charge in [0, 0.05) is 17.0 Å². The molecule has 0 spiro atoms. The second-order valence-corrected chi connectivity index (χ2v) is 5.99. The highest BCUT2D eigenvalue weighted by Crippen LogP contribution is 2.18. The summed E-state index contributed by atoms with van der Waals surface area (Å²) in [5, 5.41) is 7.22. The van der Waals surface area contributed by atoms with Crippen LogP contribution in [0.4, 0.5) is 0 Å². The van der Waals surface area contributed by atoms with E-state index in [9.17, 15) is 0 Å². The van der Waals surface area contributed by atoms with Crippen molar-refractivity contribution in [1.29, 1.82) is 0 Å². The summed E-state index contributed by atoms with van der Waals surface area (Å²) in [7, 11) is 1.66. The van der Waals surface area contributed by atoms with Gasteiger partial charge in [-0.3, -0.25) is 0 Å². The lowest BCUT2D eigenvalue weighted by Crippen LogP contribution is -2.84. The molecule has 0 saturated heterocycles. The van der Waals surface area contributed by atoms with Gasteiger partial charge in [0.2, 0.25) is 0 Å². The summed E-state index contributed by atoms with van der Waals surface area (Å²) in [5.41, 5.74) is 3.30. The molecule has 23 heavy (non-hydrogen) atoms. The predicted molar refractivity (Wildman–Crippen MR) is 91.0 cm³/mol. The van der Waals surface area contributed by atoms with E-state index >= 15 is 0 Å². The summed E-state index contributed by atoms with van der Waals surface area (Å²) in [5.74, 6) is 0.847. The third-order valence-corrected chi connectivity index (χ3v) is 4.09. The van der Waals surface area contributed by atoms with Gasteiger partial charge >= 0.3 is 0 Å². The first-order chi connectivity index (χ1) is 11.2. The van der Waals surface area contributed by atoms with Gasteiger partial charge in [0.15, 0.2) is 6.10 Å². The van der Waals surface area contributed by atoms with Gasteiger partial charge < -0.3 is 14.9 Å². The number of oxime groups is 1. The van der Waals surface area contributed by atoms with Crippen LogP contribution in [0.25, 0.3) is 0 Å². The lowest BCUT2D eigenvalue weighted by atomic mass is 10.0. The number of methoxy groups -OCH3 is 1. The van der Waals surface area contributed by atoms with Crippen LogP contribution in [0.2, 0.25) is 5.02 Å². The smallest absolute Gasteiger partial charge is 0.181 e. The zero-order chi connectivity index (χ0) is 16.1. The molecule has 1 heterocycles.